The number of hydrogen-bond acceptors (Lipinski definition) is 2. The summed E-state index contributed by atoms with van der Waals surface area (Å²) in [5.41, 5.74) is 0.690. The normalized spacial score (nSPS) is 10.7. The molecule has 1 heterocycles. The summed E-state index contributed by atoms with van der Waals surface area (Å²) in [5, 5.41) is 3.97. The van der Waals surface area contributed by atoms with Gasteiger partial charge < -0.3 is 0 Å². The number of rotatable bonds is 3. The summed E-state index contributed by atoms with van der Waals surface area (Å²) in [6, 6.07) is 4.61. The van der Waals surface area contributed by atoms with E-state index in [0.717, 1.165) is 0 Å². The van der Waals surface area contributed by atoms with E-state index in [2.05, 4.69) is 21.0 Å². The number of carbonyl (C=O) groups is 1. The maximum absolute atomic E-state index is 13.7. The molecular formula is C12H9BrClFN2O. The van der Waals surface area contributed by atoms with E-state index in [4.69, 9.17) is 11.6 Å². The molecule has 0 unspecified atom stereocenters. The van der Waals surface area contributed by atoms with Gasteiger partial charge in [-0.25, -0.2) is 4.39 Å². The number of aryl methyl sites for hydroxylation is 1. The Kier molecular flexibility index (Phi) is 3.82. The number of carbonyl (C=O) groups excluding carboxylic acids is 1. The average molecular weight is 332 g/mol. The Morgan fingerprint density at radius 1 is 1.56 bits per heavy atom. The molecule has 6 heteroatoms. The van der Waals surface area contributed by atoms with Crippen LogP contribution in [0.1, 0.15) is 16.1 Å². The Bertz CT molecular complexity index is 593. The van der Waals surface area contributed by atoms with Gasteiger partial charge in [0.05, 0.1) is 15.7 Å². The van der Waals surface area contributed by atoms with Crippen molar-refractivity contribution in [2.45, 2.75) is 6.42 Å². The third-order valence-corrected chi connectivity index (χ3v) is 3.41. The SMILES string of the molecule is Cn1ncc(Br)c1C(=O)Cc1cccc(Cl)c1F. The lowest BCUT2D eigenvalue weighted by Crippen LogP contribution is -2.11. The van der Waals surface area contributed by atoms with Crippen molar-refractivity contribution >= 4 is 33.3 Å². The summed E-state index contributed by atoms with van der Waals surface area (Å²) in [6.07, 6.45) is 1.48. The summed E-state index contributed by atoms with van der Waals surface area (Å²) < 4.78 is 15.7. The largest absolute Gasteiger partial charge is 0.292 e. The molecule has 0 atom stereocenters. The smallest absolute Gasteiger partial charge is 0.186 e. The van der Waals surface area contributed by atoms with Crippen molar-refractivity contribution < 1.29 is 9.18 Å². The van der Waals surface area contributed by atoms with Gasteiger partial charge in [0.1, 0.15) is 11.5 Å². The topological polar surface area (TPSA) is 34.9 Å². The fraction of sp³-hybridized carbons (Fsp3) is 0.167. The van der Waals surface area contributed by atoms with Crippen LogP contribution in [0.2, 0.25) is 5.02 Å². The van der Waals surface area contributed by atoms with Crippen molar-refractivity contribution in [2.75, 3.05) is 0 Å². The molecule has 0 aliphatic carbocycles. The van der Waals surface area contributed by atoms with Crippen LogP contribution in [0.4, 0.5) is 4.39 Å². The van der Waals surface area contributed by atoms with Gasteiger partial charge in [0.25, 0.3) is 0 Å². The van der Waals surface area contributed by atoms with Gasteiger partial charge in [-0.3, -0.25) is 9.48 Å². The number of nitrogens with zero attached hydrogens (tertiary/aromatic N) is 2. The Morgan fingerprint density at radius 3 is 2.89 bits per heavy atom. The molecule has 0 N–H and O–H groups in total. The second kappa shape index (κ2) is 5.20. The molecule has 0 saturated heterocycles. The molecule has 3 nitrogen and oxygen atoms in total. The summed E-state index contributed by atoms with van der Waals surface area (Å²) in [4.78, 5) is 12.1. The molecule has 0 amide bonds. The van der Waals surface area contributed by atoms with E-state index in [9.17, 15) is 9.18 Å². The van der Waals surface area contributed by atoms with Crippen molar-refractivity contribution in [2.24, 2.45) is 7.05 Å². The van der Waals surface area contributed by atoms with Crippen LogP contribution in [0.15, 0.2) is 28.9 Å². The number of halogens is 3. The van der Waals surface area contributed by atoms with Crippen molar-refractivity contribution in [3.05, 3.63) is 51.0 Å². The van der Waals surface area contributed by atoms with Gasteiger partial charge >= 0.3 is 0 Å². The summed E-state index contributed by atoms with van der Waals surface area (Å²) in [5.74, 6) is -0.770. The van der Waals surface area contributed by atoms with Crippen LogP contribution < -0.4 is 0 Å². The number of Topliss-reactive ketones (excluding diaryl/α,β-unsaturated/α-hetero) is 1. The zero-order valence-electron chi connectivity index (χ0n) is 9.45. The number of hydrogen-bond donors (Lipinski definition) is 0. The first-order valence-corrected chi connectivity index (χ1v) is 6.31. The summed E-state index contributed by atoms with van der Waals surface area (Å²) >= 11 is 8.91. The van der Waals surface area contributed by atoms with E-state index in [-0.39, 0.29) is 22.8 Å². The molecule has 1 aromatic heterocycles. The van der Waals surface area contributed by atoms with Crippen LogP contribution in [0.3, 0.4) is 0 Å². The zero-order valence-corrected chi connectivity index (χ0v) is 11.8. The van der Waals surface area contributed by atoms with Gasteiger partial charge in [-0.1, -0.05) is 23.7 Å². The van der Waals surface area contributed by atoms with Gasteiger partial charge in [0, 0.05) is 13.5 Å². The monoisotopic (exact) mass is 330 g/mol. The lowest BCUT2D eigenvalue weighted by atomic mass is 10.1. The molecule has 0 radical (unpaired) electrons. The minimum absolute atomic E-state index is 0.0179. The maximum Gasteiger partial charge on any atom is 0.186 e. The minimum atomic E-state index is -0.550. The van der Waals surface area contributed by atoms with E-state index >= 15 is 0 Å². The van der Waals surface area contributed by atoms with Crippen molar-refractivity contribution in [3.8, 4) is 0 Å². The molecule has 0 aliphatic heterocycles. The van der Waals surface area contributed by atoms with Gasteiger partial charge in [-0.15, -0.1) is 0 Å². The molecular weight excluding hydrogens is 322 g/mol. The quantitative estimate of drug-likeness (QED) is 0.808. The highest BCUT2D eigenvalue weighted by atomic mass is 79.9. The zero-order chi connectivity index (χ0) is 13.3. The predicted octanol–water partition coefficient (Wildman–Crippen LogP) is 3.40. The molecule has 18 heavy (non-hydrogen) atoms. The van der Waals surface area contributed by atoms with Gasteiger partial charge in [-0.2, -0.15) is 5.10 Å². The van der Waals surface area contributed by atoms with Crippen LogP contribution in [0.25, 0.3) is 0 Å². The van der Waals surface area contributed by atoms with E-state index in [1.165, 1.54) is 16.9 Å². The van der Waals surface area contributed by atoms with E-state index in [1.54, 1.807) is 19.2 Å². The van der Waals surface area contributed by atoms with Gasteiger partial charge in [0.2, 0.25) is 0 Å². The third kappa shape index (κ3) is 2.47. The molecule has 94 valence electrons. The molecule has 0 spiro atoms. The van der Waals surface area contributed by atoms with E-state index in [0.29, 0.717) is 10.2 Å². The fourth-order valence-electron chi connectivity index (χ4n) is 1.67. The van der Waals surface area contributed by atoms with Crippen molar-refractivity contribution in [1.29, 1.82) is 0 Å². The van der Waals surface area contributed by atoms with Crippen molar-refractivity contribution in [1.82, 2.24) is 9.78 Å². The molecule has 2 rings (SSSR count). The summed E-state index contributed by atoms with van der Waals surface area (Å²) in [7, 11) is 1.66. The number of benzene rings is 1. The van der Waals surface area contributed by atoms with E-state index < -0.39 is 5.82 Å². The molecule has 0 aliphatic rings. The highest BCUT2D eigenvalue weighted by Gasteiger charge is 2.18. The Balaban J connectivity index is 2.30. The average Bonchev–Trinajstić information content (AvgIpc) is 2.65. The number of ketones is 1. The van der Waals surface area contributed by atoms with Gasteiger partial charge in [-0.05, 0) is 27.6 Å². The summed E-state index contributed by atoms with van der Waals surface area (Å²) in [6.45, 7) is 0. The minimum Gasteiger partial charge on any atom is -0.292 e. The van der Waals surface area contributed by atoms with Crippen molar-refractivity contribution in [3.63, 3.8) is 0 Å². The molecule has 0 bridgehead atoms. The first kappa shape index (κ1) is 13.2. The van der Waals surface area contributed by atoms with Crippen LogP contribution in [0, 0.1) is 5.82 Å². The highest BCUT2D eigenvalue weighted by Crippen LogP contribution is 2.21. The lowest BCUT2D eigenvalue weighted by molar-refractivity contribution is 0.0982. The third-order valence-electron chi connectivity index (χ3n) is 2.54. The maximum atomic E-state index is 13.7. The fourth-order valence-corrected chi connectivity index (χ4v) is 2.43. The first-order valence-electron chi connectivity index (χ1n) is 5.14. The Hall–Kier alpha value is -1.20. The first-order chi connectivity index (χ1) is 8.50. The van der Waals surface area contributed by atoms with Crippen LogP contribution in [0.5, 0.6) is 0 Å². The second-order valence-corrected chi connectivity index (χ2v) is 5.04. The molecule has 1 aromatic carbocycles. The number of aromatic nitrogens is 2. The Labute approximate surface area is 117 Å². The molecule has 2 aromatic rings. The standard InChI is InChI=1S/C12H9BrClFN2O/c1-17-12(8(13)6-16-17)10(18)5-7-3-2-4-9(14)11(7)15/h2-4,6H,5H2,1H3. The lowest BCUT2D eigenvalue weighted by Gasteiger charge is -2.05. The van der Waals surface area contributed by atoms with Crippen LogP contribution in [-0.4, -0.2) is 15.6 Å². The van der Waals surface area contributed by atoms with Gasteiger partial charge in [0.15, 0.2) is 5.78 Å². The second-order valence-electron chi connectivity index (χ2n) is 3.78. The predicted molar refractivity (Wildman–Crippen MR) is 70.4 cm³/mol. The van der Waals surface area contributed by atoms with Crippen LogP contribution >= 0.6 is 27.5 Å². The Morgan fingerprint density at radius 2 is 2.28 bits per heavy atom. The molecule has 0 fully saturated rings. The van der Waals surface area contributed by atoms with Crippen LogP contribution in [-0.2, 0) is 13.5 Å². The van der Waals surface area contributed by atoms with E-state index in [1.807, 2.05) is 0 Å². The highest BCUT2D eigenvalue weighted by molar-refractivity contribution is 9.10. The molecule has 0 saturated carbocycles.